The second kappa shape index (κ2) is 12.6. The number of alkyl halides is 26. The third kappa shape index (κ3) is 7.24. The Bertz CT molecular complexity index is 1230. The van der Waals surface area contributed by atoms with Gasteiger partial charge in [-0.2, -0.15) is 114 Å². The summed E-state index contributed by atoms with van der Waals surface area (Å²) in [6.07, 6.45) is -15.2. The van der Waals surface area contributed by atoms with Gasteiger partial charge in [-0.1, -0.05) is 0 Å². The van der Waals surface area contributed by atoms with E-state index in [1.54, 1.807) is 0 Å². The first kappa shape index (κ1) is 50.3. The average Bonchev–Trinajstić information content (AvgIpc) is 2.75. The van der Waals surface area contributed by atoms with Gasteiger partial charge in [0.1, 0.15) is 0 Å². The van der Waals surface area contributed by atoms with Gasteiger partial charge in [0, 0.05) is 0 Å². The van der Waals surface area contributed by atoms with Crippen LogP contribution in [0.25, 0.3) is 0 Å². The molecule has 0 bridgehead atoms. The van der Waals surface area contributed by atoms with Crippen molar-refractivity contribution in [3.05, 3.63) is 0 Å². The third-order valence-electron chi connectivity index (χ3n) is 4.44. The van der Waals surface area contributed by atoms with Gasteiger partial charge in [0.05, 0.1) is 0 Å². The predicted molar refractivity (Wildman–Crippen MR) is 81.0 cm³/mol. The van der Waals surface area contributed by atoms with Crippen LogP contribution in [0.1, 0.15) is 0 Å². The minimum atomic E-state index is -8.29. The van der Waals surface area contributed by atoms with Gasteiger partial charge in [-0.25, -0.2) is 16.8 Å². The van der Waals surface area contributed by atoms with Crippen molar-refractivity contribution < 1.29 is 168 Å². The molecule has 0 fully saturated rings. The Balaban J connectivity index is -0.000000807. The molecule has 0 radical (unpaired) electrons. The zero-order chi connectivity index (χ0) is 39.0. The fraction of sp³-hybridized carbons (Fsp3) is 1.00. The molecule has 280 valence electrons. The number of hydrogen-bond acceptors (Lipinski definition) is 6. The van der Waals surface area contributed by atoms with Crippen LogP contribution in [-0.2, 0) is 47.9 Å². The quantitative estimate of drug-likeness (QED) is 0.141. The number of rotatable bonds is 10. The molecule has 0 aliphatic heterocycles. The van der Waals surface area contributed by atoms with E-state index in [1.165, 1.54) is 0 Å². The van der Waals surface area contributed by atoms with Gasteiger partial charge >= 0.3 is 97.9 Å². The van der Waals surface area contributed by atoms with E-state index >= 15 is 0 Å². The molecule has 35 heteroatoms. The summed E-state index contributed by atoms with van der Waals surface area (Å²) in [5, 5.41) is -15.3. The summed E-state index contributed by atoms with van der Waals surface area (Å²) in [4.78, 5) is 0. The van der Waals surface area contributed by atoms with Crippen molar-refractivity contribution in [2.45, 2.75) is 70.2 Å². The molecule has 0 unspecified atom stereocenters. The topological polar surface area (TPSA) is 114 Å². The van der Waals surface area contributed by atoms with E-state index in [9.17, 15) is 140 Å². The van der Waals surface area contributed by atoms with Crippen LogP contribution in [-0.4, -0.2) is 96.2 Å². The maximum atomic E-state index is 12.7. The maximum absolute atomic E-state index is 12.7. The van der Waals surface area contributed by atoms with Crippen molar-refractivity contribution in [1.82, 2.24) is 0 Å². The Morgan fingerprint density at radius 3 is 0.511 bits per heavy atom. The fourth-order valence-corrected chi connectivity index (χ4v) is 2.71. The minimum absolute atomic E-state index is 0. The second-order valence-electron chi connectivity index (χ2n) is 7.53. The van der Waals surface area contributed by atoms with Gasteiger partial charge in [0.25, 0.3) is 0 Å². The van der Waals surface area contributed by atoms with Crippen molar-refractivity contribution >= 4 is 20.2 Å². The molecule has 0 saturated heterocycles. The van der Waals surface area contributed by atoms with E-state index in [2.05, 4.69) is 0 Å². The Hall–Kier alpha value is -1.06. The molecule has 0 amide bonds. The van der Waals surface area contributed by atoms with E-state index in [-0.39, 0.29) is 27.7 Å². The minimum Gasteiger partial charge on any atom is -0.743 e. The molecular weight excluding hydrogens is 999 g/mol. The van der Waals surface area contributed by atoms with Gasteiger partial charge in [0.15, 0.2) is 20.2 Å². The molecular formula is C12F26HgO6S2. The van der Waals surface area contributed by atoms with Crippen molar-refractivity contribution in [2.75, 3.05) is 0 Å². The Morgan fingerprint density at radius 2 is 0.404 bits per heavy atom. The smallest absolute Gasteiger partial charge is 0.743 e. The maximum Gasteiger partial charge on any atom is 2.00 e. The molecule has 0 atom stereocenters. The van der Waals surface area contributed by atoms with Gasteiger partial charge in [0.2, 0.25) is 0 Å². The normalized spacial score (nSPS) is 16.3. The van der Waals surface area contributed by atoms with Gasteiger partial charge in [-0.3, -0.25) is 0 Å². The van der Waals surface area contributed by atoms with Crippen molar-refractivity contribution in [3.8, 4) is 0 Å². The largest absolute Gasteiger partial charge is 2.00 e. The van der Waals surface area contributed by atoms with E-state index in [1.807, 2.05) is 0 Å². The van der Waals surface area contributed by atoms with Crippen LogP contribution in [0.5, 0.6) is 0 Å². The van der Waals surface area contributed by atoms with E-state index in [4.69, 9.17) is 0 Å². The van der Waals surface area contributed by atoms with Gasteiger partial charge < -0.3 is 9.11 Å². The summed E-state index contributed by atoms with van der Waals surface area (Å²) in [5.74, 6) is -65.2. The zero-order valence-corrected chi connectivity index (χ0v) is 26.9. The number of halogens is 26. The van der Waals surface area contributed by atoms with Crippen LogP contribution in [0.2, 0.25) is 0 Å². The first-order valence-corrected chi connectivity index (χ1v) is 11.6. The summed E-state index contributed by atoms with van der Waals surface area (Å²) >= 11 is 0. The van der Waals surface area contributed by atoms with Crippen LogP contribution >= 0.6 is 0 Å². The molecule has 6 nitrogen and oxygen atoms in total. The summed E-state index contributed by atoms with van der Waals surface area (Å²) in [7, 11) is -15.7. The molecule has 0 heterocycles. The first-order chi connectivity index (χ1) is 19.0. The molecule has 0 aliphatic rings. The predicted octanol–water partition coefficient (Wildman–Crippen LogP) is 6.45. The Morgan fingerprint density at radius 1 is 0.277 bits per heavy atom. The number of hydrogen-bond donors (Lipinski definition) is 0. The molecule has 0 spiro atoms. The standard InChI is InChI=1S/2C6HF13O3S.Hg/c2*7-1(8,3(11,12)5(15,16)17)2(9,10)4(13,14)6(18,19)23(20,21)22;/h2*(H,20,21,22);/q;;+2/p-2. The van der Waals surface area contributed by atoms with E-state index < -0.39 is 90.5 Å². The molecule has 0 N–H and O–H groups in total. The van der Waals surface area contributed by atoms with Crippen molar-refractivity contribution in [2.24, 2.45) is 0 Å². The molecule has 0 aromatic heterocycles. The van der Waals surface area contributed by atoms with Crippen LogP contribution < -0.4 is 0 Å². The van der Waals surface area contributed by atoms with E-state index in [0.717, 1.165) is 0 Å². The third-order valence-corrected chi connectivity index (χ3v) is 6.21. The molecule has 47 heavy (non-hydrogen) atoms. The first-order valence-electron chi connectivity index (χ1n) is 8.82. The van der Waals surface area contributed by atoms with Gasteiger partial charge in [-0.15, -0.1) is 0 Å². The average molecular weight is 999 g/mol. The monoisotopic (exact) mass is 1000 g/mol. The SMILES string of the molecule is O=S(=O)([O-])C(F)(F)C(F)(F)C(F)(F)C(F)(F)C(F)(F)C(F)(F)F.O=S(=O)([O-])C(F)(F)C(F)(F)C(F)(F)C(F)(F)C(F)(F)C(F)(F)F.[Hg+2]. The zero-order valence-electron chi connectivity index (χ0n) is 19.8. The van der Waals surface area contributed by atoms with Crippen LogP contribution in [0.3, 0.4) is 0 Å². The van der Waals surface area contributed by atoms with Crippen LogP contribution in [0.4, 0.5) is 114 Å². The second-order valence-corrected chi connectivity index (χ2v) is 10.4. The Kier molecular flexibility index (Phi) is 13.5. The van der Waals surface area contributed by atoms with Gasteiger partial charge in [-0.05, 0) is 0 Å². The molecule has 0 aromatic carbocycles. The van der Waals surface area contributed by atoms with Crippen LogP contribution in [0.15, 0.2) is 0 Å². The van der Waals surface area contributed by atoms with Crippen molar-refractivity contribution in [3.63, 3.8) is 0 Å². The van der Waals surface area contributed by atoms with E-state index in [0.29, 0.717) is 0 Å². The summed E-state index contributed by atoms with van der Waals surface area (Å²) in [5.41, 5.74) is 0. The molecule has 0 aliphatic carbocycles. The summed E-state index contributed by atoms with van der Waals surface area (Å²) in [6, 6.07) is 0. The molecule has 0 aromatic rings. The van der Waals surface area contributed by atoms with Crippen molar-refractivity contribution in [1.29, 1.82) is 0 Å². The summed E-state index contributed by atoms with van der Waals surface area (Å²) in [6.45, 7) is 0. The molecule has 0 rings (SSSR count). The molecule has 0 saturated carbocycles. The Labute approximate surface area is 258 Å². The summed E-state index contributed by atoms with van der Waals surface area (Å²) < 4.78 is 378. The fourth-order valence-electron chi connectivity index (χ4n) is 1.82. The van der Waals surface area contributed by atoms with Crippen LogP contribution in [0, 0.1) is 0 Å².